The van der Waals surface area contributed by atoms with Crippen LogP contribution in [-0.4, -0.2) is 55.2 Å². The molecule has 0 aromatic carbocycles. The van der Waals surface area contributed by atoms with Crippen molar-refractivity contribution in [3.8, 4) is 0 Å². The number of nitrogens with zero attached hydrogens (tertiary/aromatic N) is 2. The van der Waals surface area contributed by atoms with Crippen LogP contribution in [0.3, 0.4) is 0 Å². The predicted octanol–water partition coefficient (Wildman–Crippen LogP) is 14.7. The summed E-state index contributed by atoms with van der Waals surface area (Å²) in [6.07, 6.45) is 56.3. The number of hydrogen-bond donors (Lipinski definition) is 0. The van der Waals surface area contributed by atoms with Gasteiger partial charge in [-0.05, 0) is 109 Å². The van der Waals surface area contributed by atoms with Gasteiger partial charge in [0.1, 0.15) is 0 Å². The third-order valence-corrected chi connectivity index (χ3v) is 10.3. The molecule has 0 atom stereocenters. The number of carbonyl (C=O) groups excluding carboxylic acids is 1. The topological polar surface area (TPSA) is 32.8 Å². The molecule has 1 saturated heterocycles. The fourth-order valence-corrected chi connectivity index (χ4v) is 6.95. The van der Waals surface area contributed by atoms with Crippen molar-refractivity contribution in [3.05, 3.63) is 48.6 Å². The summed E-state index contributed by atoms with van der Waals surface area (Å²) in [5.41, 5.74) is 0. The molecule has 1 aliphatic rings. The van der Waals surface area contributed by atoms with Crippen LogP contribution >= 0.6 is 0 Å². The molecule has 4 heteroatoms. The molecular formula is C47H86N2O2. The van der Waals surface area contributed by atoms with Gasteiger partial charge < -0.3 is 14.5 Å². The zero-order valence-electron chi connectivity index (χ0n) is 34.3. The van der Waals surface area contributed by atoms with Crippen LogP contribution in [0.1, 0.15) is 206 Å². The molecule has 0 N–H and O–H groups in total. The summed E-state index contributed by atoms with van der Waals surface area (Å²) < 4.78 is 5.85. The Morgan fingerprint density at radius 3 is 1.33 bits per heavy atom. The van der Waals surface area contributed by atoms with Crippen LogP contribution in [0.25, 0.3) is 0 Å². The normalized spacial score (nSPS) is 14.7. The van der Waals surface area contributed by atoms with Gasteiger partial charge in [-0.15, -0.1) is 0 Å². The van der Waals surface area contributed by atoms with Crippen molar-refractivity contribution in [2.75, 3.05) is 39.3 Å². The summed E-state index contributed by atoms with van der Waals surface area (Å²) >= 11 is 0. The van der Waals surface area contributed by atoms with Crippen molar-refractivity contribution in [1.29, 1.82) is 0 Å². The van der Waals surface area contributed by atoms with E-state index in [1.807, 2.05) is 4.90 Å². The minimum atomic E-state index is -0.0761. The minimum absolute atomic E-state index is 0.0761. The van der Waals surface area contributed by atoms with E-state index in [1.54, 1.807) is 0 Å². The van der Waals surface area contributed by atoms with Gasteiger partial charge in [-0.3, -0.25) is 0 Å². The second kappa shape index (κ2) is 39.4. The largest absolute Gasteiger partial charge is 0.449 e. The van der Waals surface area contributed by atoms with E-state index in [0.29, 0.717) is 6.61 Å². The van der Waals surface area contributed by atoms with Crippen molar-refractivity contribution >= 4 is 6.09 Å². The first kappa shape index (κ1) is 47.2. The lowest BCUT2D eigenvalue weighted by atomic mass is 10.1. The van der Waals surface area contributed by atoms with Gasteiger partial charge in [0.2, 0.25) is 0 Å². The second-order valence-corrected chi connectivity index (χ2v) is 15.2. The fraction of sp³-hybridized carbons (Fsp3) is 0.809. The first-order valence-corrected chi connectivity index (χ1v) is 22.5. The molecule has 0 bridgehead atoms. The van der Waals surface area contributed by atoms with Crippen molar-refractivity contribution in [2.45, 2.75) is 206 Å². The summed E-state index contributed by atoms with van der Waals surface area (Å²) in [6.45, 7) is 10.3. The highest BCUT2D eigenvalue weighted by Gasteiger charge is 2.15. The first-order valence-electron chi connectivity index (χ1n) is 22.5. The van der Waals surface area contributed by atoms with Gasteiger partial charge >= 0.3 is 6.09 Å². The number of carbonyl (C=O) groups is 1. The lowest BCUT2D eigenvalue weighted by molar-refractivity contribution is 0.0954. The van der Waals surface area contributed by atoms with Crippen LogP contribution in [0.15, 0.2) is 48.6 Å². The van der Waals surface area contributed by atoms with E-state index in [9.17, 15) is 4.79 Å². The van der Waals surface area contributed by atoms with Gasteiger partial charge in [-0.2, -0.15) is 0 Å². The van der Waals surface area contributed by atoms with E-state index in [4.69, 9.17) is 4.74 Å². The molecule has 0 aromatic rings. The maximum absolute atomic E-state index is 13.1. The molecule has 1 fully saturated rings. The number of hydrogen-bond acceptors (Lipinski definition) is 3. The highest BCUT2D eigenvalue weighted by molar-refractivity contribution is 5.67. The molecular weight excluding hydrogens is 625 g/mol. The van der Waals surface area contributed by atoms with Crippen LogP contribution in [0, 0.1) is 0 Å². The van der Waals surface area contributed by atoms with E-state index in [2.05, 4.69) is 67.4 Å². The van der Waals surface area contributed by atoms with Gasteiger partial charge in [-0.25, -0.2) is 4.79 Å². The molecule has 0 aliphatic carbocycles. The van der Waals surface area contributed by atoms with Crippen molar-refractivity contribution in [1.82, 2.24) is 9.80 Å². The zero-order valence-corrected chi connectivity index (χ0v) is 34.3. The lowest BCUT2D eigenvalue weighted by Crippen LogP contribution is -2.34. The number of rotatable bonds is 34. The molecule has 51 heavy (non-hydrogen) atoms. The van der Waals surface area contributed by atoms with Crippen LogP contribution in [-0.2, 0) is 4.74 Å². The second-order valence-electron chi connectivity index (χ2n) is 15.2. The van der Waals surface area contributed by atoms with Gasteiger partial charge in [0, 0.05) is 19.6 Å². The molecule has 0 saturated carbocycles. The predicted molar refractivity (Wildman–Crippen MR) is 226 cm³/mol. The Hall–Kier alpha value is -1.81. The zero-order chi connectivity index (χ0) is 36.6. The third kappa shape index (κ3) is 33.8. The Morgan fingerprint density at radius 1 is 0.490 bits per heavy atom. The number of unbranched alkanes of at least 4 members (excludes halogenated alkanes) is 18. The quantitative estimate of drug-likeness (QED) is 0.0492. The summed E-state index contributed by atoms with van der Waals surface area (Å²) in [7, 11) is 0. The summed E-state index contributed by atoms with van der Waals surface area (Å²) in [5, 5.41) is 0. The van der Waals surface area contributed by atoms with Gasteiger partial charge in [0.15, 0.2) is 0 Å². The standard InChI is InChI=1S/C47H86N2O2/c1-3-5-7-9-11-13-15-17-19-21-23-25-27-29-34-38-44-49(47(50)51-46-40-43-48-41-36-32-31-33-37-42-48)45-39-35-30-28-26-24-22-20-18-16-14-12-10-8-6-4-2/h11-14,17-20H,3-10,15-16,21-46H2,1-2H3/b13-11-,14-12-,19-17-,20-18-. The maximum Gasteiger partial charge on any atom is 0.409 e. The number of likely N-dealkylation sites (tertiary alicyclic amines) is 1. The first-order chi connectivity index (χ1) is 25.3. The molecule has 1 amide bonds. The maximum atomic E-state index is 13.1. The van der Waals surface area contributed by atoms with Crippen molar-refractivity contribution < 1.29 is 9.53 Å². The average molecular weight is 711 g/mol. The van der Waals surface area contributed by atoms with Crippen molar-refractivity contribution in [2.24, 2.45) is 0 Å². The Labute approximate surface area is 319 Å². The average Bonchev–Trinajstić information content (AvgIpc) is 3.12. The van der Waals surface area contributed by atoms with Crippen LogP contribution in [0.5, 0.6) is 0 Å². The Bertz CT molecular complexity index is 791. The van der Waals surface area contributed by atoms with E-state index >= 15 is 0 Å². The molecule has 0 radical (unpaired) electrons. The van der Waals surface area contributed by atoms with E-state index in [1.165, 1.54) is 174 Å². The smallest absolute Gasteiger partial charge is 0.409 e. The SMILES string of the molecule is CCCCC/C=C\C/C=C\CCCCCCCCN(CCCCCCCC/C=C\C/C=C\CCCCC)C(=O)OCCCN1CCCCCCC1. The molecule has 0 unspecified atom stereocenters. The Kier molecular flexibility index (Phi) is 36.5. The number of amides is 1. The minimum Gasteiger partial charge on any atom is -0.449 e. The van der Waals surface area contributed by atoms with Crippen molar-refractivity contribution in [3.63, 3.8) is 0 Å². The molecule has 1 heterocycles. The van der Waals surface area contributed by atoms with Crippen LogP contribution in [0.4, 0.5) is 4.79 Å². The Balaban J connectivity index is 2.23. The number of ether oxygens (including phenoxy) is 1. The number of allylic oxidation sites excluding steroid dienone is 8. The molecule has 4 nitrogen and oxygen atoms in total. The third-order valence-electron chi connectivity index (χ3n) is 10.3. The monoisotopic (exact) mass is 711 g/mol. The Morgan fingerprint density at radius 2 is 0.882 bits per heavy atom. The van der Waals surface area contributed by atoms with Gasteiger partial charge in [0.05, 0.1) is 6.61 Å². The molecule has 1 rings (SSSR count). The highest BCUT2D eigenvalue weighted by atomic mass is 16.6. The van der Waals surface area contributed by atoms with E-state index in [-0.39, 0.29) is 6.09 Å². The molecule has 296 valence electrons. The highest BCUT2D eigenvalue weighted by Crippen LogP contribution is 2.14. The van der Waals surface area contributed by atoms with Crippen LogP contribution in [0.2, 0.25) is 0 Å². The summed E-state index contributed by atoms with van der Waals surface area (Å²) in [6, 6.07) is 0. The van der Waals surface area contributed by atoms with Crippen LogP contribution < -0.4 is 0 Å². The molecule has 0 spiro atoms. The molecule has 0 aromatic heterocycles. The summed E-state index contributed by atoms with van der Waals surface area (Å²) in [4.78, 5) is 17.8. The lowest BCUT2D eigenvalue weighted by Gasteiger charge is -2.25. The van der Waals surface area contributed by atoms with Gasteiger partial charge in [-0.1, -0.05) is 159 Å². The van der Waals surface area contributed by atoms with E-state index < -0.39 is 0 Å². The molecule has 1 aliphatic heterocycles. The fourth-order valence-electron chi connectivity index (χ4n) is 6.95. The van der Waals surface area contributed by atoms with Gasteiger partial charge in [0.25, 0.3) is 0 Å². The van der Waals surface area contributed by atoms with E-state index in [0.717, 1.165) is 51.7 Å². The summed E-state index contributed by atoms with van der Waals surface area (Å²) in [5.74, 6) is 0.